The third kappa shape index (κ3) is 4.30. The van der Waals surface area contributed by atoms with Gasteiger partial charge in [-0.15, -0.1) is 0 Å². The molecule has 3 aromatic heterocycles. The van der Waals surface area contributed by atoms with E-state index in [1.807, 2.05) is 49.5 Å². The van der Waals surface area contributed by atoms with Gasteiger partial charge in [-0.2, -0.15) is 5.10 Å². The summed E-state index contributed by atoms with van der Waals surface area (Å²) in [4.78, 5) is 22.3. The van der Waals surface area contributed by atoms with E-state index < -0.39 is 11.9 Å². The summed E-state index contributed by atoms with van der Waals surface area (Å²) in [5.41, 5.74) is 6.54. The Hall–Kier alpha value is -3.95. The number of hydrogen-bond acceptors (Lipinski definition) is 5. The van der Waals surface area contributed by atoms with Crippen LogP contribution < -0.4 is 5.56 Å². The van der Waals surface area contributed by atoms with Crippen LogP contribution in [0.5, 0.6) is 0 Å². The number of aliphatic imine (C=N–C) groups is 1. The van der Waals surface area contributed by atoms with Crippen molar-refractivity contribution in [2.45, 2.75) is 19.5 Å². The lowest BCUT2D eigenvalue weighted by Crippen LogP contribution is -2.27. The fourth-order valence-corrected chi connectivity index (χ4v) is 5.28. The molecular formula is C28H21BrFN5O2. The van der Waals surface area contributed by atoms with Crippen molar-refractivity contribution in [3.63, 3.8) is 0 Å². The zero-order valence-electron chi connectivity index (χ0n) is 19.8. The Bertz CT molecular complexity index is 1750. The Morgan fingerprint density at radius 1 is 1.05 bits per heavy atom. The van der Waals surface area contributed by atoms with Crippen LogP contribution in [0.3, 0.4) is 0 Å². The summed E-state index contributed by atoms with van der Waals surface area (Å²) in [6.45, 7) is 2.10. The van der Waals surface area contributed by atoms with E-state index in [1.54, 1.807) is 16.8 Å². The van der Waals surface area contributed by atoms with E-state index in [-0.39, 0.29) is 12.2 Å². The van der Waals surface area contributed by atoms with Crippen molar-refractivity contribution < 1.29 is 9.50 Å². The lowest BCUT2D eigenvalue weighted by molar-refractivity contribution is 0.246. The van der Waals surface area contributed by atoms with Gasteiger partial charge in [0.2, 0.25) is 0 Å². The van der Waals surface area contributed by atoms with E-state index >= 15 is 0 Å². The predicted octanol–water partition coefficient (Wildman–Crippen LogP) is 4.70. The van der Waals surface area contributed by atoms with Crippen LogP contribution in [0, 0.1) is 12.7 Å². The maximum Gasteiger partial charge on any atom is 0.251 e. The van der Waals surface area contributed by atoms with Gasteiger partial charge in [0.1, 0.15) is 11.6 Å². The highest BCUT2D eigenvalue weighted by Crippen LogP contribution is 2.29. The van der Waals surface area contributed by atoms with Crippen molar-refractivity contribution in [3.8, 4) is 11.1 Å². The number of benzene rings is 2. The summed E-state index contributed by atoms with van der Waals surface area (Å²) in [5.74, 6) is 0.262. The van der Waals surface area contributed by atoms with Crippen LogP contribution in [0.25, 0.3) is 16.8 Å². The molecule has 37 heavy (non-hydrogen) atoms. The molecule has 1 aliphatic rings. The smallest absolute Gasteiger partial charge is 0.251 e. The summed E-state index contributed by atoms with van der Waals surface area (Å²) in [7, 11) is 0. The van der Waals surface area contributed by atoms with Crippen LogP contribution >= 0.6 is 15.9 Å². The highest BCUT2D eigenvalue weighted by molar-refractivity contribution is 9.10. The number of aryl methyl sites for hydroxylation is 1. The molecule has 0 fully saturated rings. The summed E-state index contributed by atoms with van der Waals surface area (Å²) >= 11 is 3.28. The second-order valence-corrected chi connectivity index (χ2v) is 9.89. The average Bonchev–Trinajstić information content (AvgIpc) is 3.46. The molecule has 0 radical (unpaired) electrons. The Labute approximate surface area is 219 Å². The minimum Gasteiger partial charge on any atom is -0.394 e. The first kappa shape index (κ1) is 23.4. The summed E-state index contributed by atoms with van der Waals surface area (Å²) in [5, 5.41) is 14.4. The molecule has 0 bridgehead atoms. The monoisotopic (exact) mass is 557 g/mol. The zero-order chi connectivity index (χ0) is 25.7. The minimum absolute atomic E-state index is 0.293. The van der Waals surface area contributed by atoms with E-state index in [1.165, 1.54) is 22.8 Å². The van der Waals surface area contributed by atoms with Crippen molar-refractivity contribution in [1.82, 2.24) is 19.2 Å². The van der Waals surface area contributed by atoms with Crippen LogP contribution in [0.15, 0.2) is 87.3 Å². The molecule has 0 saturated carbocycles. The summed E-state index contributed by atoms with van der Waals surface area (Å²) < 4.78 is 17.7. The van der Waals surface area contributed by atoms with E-state index in [0.29, 0.717) is 22.4 Å². The number of aromatic nitrogens is 4. The number of aliphatic hydroxyl groups is 1. The molecule has 0 spiro atoms. The van der Waals surface area contributed by atoms with Gasteiger partial charge >= 0.3 is 0 Å². The van der Waals surface area contributed by atoms with Crippen molar-refractivity contribution in [2.24, 2.45) is 4.99 Å². The second-order valence-electron chi connectivity index (χ2n) is 8.98. The minimum atomic E-state index is -0.706. The largest absolute Gasteiger partial charge is 0.394 e. The number of fused-ring (bicyclic) bond motifs is 2. The SMILES string of the molecule is Cc1nc2ccc(C3=NCc4ccc(-c5ccn([C@H](CO)c6cc(F)cc(Br)c6)c(=O)c5)cc43)cn2n1. The first-order valence-corrected chi connectivity index (χ1v) is 12.5. The Balaban J connectivity index is 1.35. The summed E-state index contributed by atoms with van der Waals surface area (Å²) in [6, 6.07) is 17.0. The number of halogens is 2. The molecule has 1 atom stereocenters. The van der Waals surface area contributed by atoms with E-state index in [9.17, 15) is 14.3 Å². The molecule has 5 aromatic rings. The molecular weight excluding hydrogens is 537 g/mol. The number of aliphatic hydroxyl groups excluding tert-OH is 1. The van der Waals surface area contributed by atoms with Crippen molar-refractivity contribution in [1.29, 1.82) is 0 Å². The molecule has 4 heterocycles. The van der Waals surface area contributed by atoms with Crippen molar-refractivity contribution in [3.05, 3.63) is 122 Å². The van der Waals surface area contributed by atoms with Crippen LogP contribution in [0.2, 0.25) is 0 Å². The molecule has 1 aliphatic heterocycles. The van der Waals surface area contributed by atoms with Crippen molar-refractivity contribution in [2.75, 3.05) is 6.61 Å². The Morgan fingerprint density at radius 3 is 2.65 bits per heavy atom. The van der Waals surface area contributed by atoms with Gasteiger partial charge in [0, 0.05) is 34.1 Å². The summed E-state index contributed by atoms with van der Waals surface area (Å²) in [6.07, 6.45) is 3.57. The second kappa shape index (κ2) is 9.17. The topological polar surface area (TPSA) is 84.8 Å². The molecule has 6 rings (SSSR count). The van der Waals surface area contributed by atoms with Gasteiger partial charge in [-0.3, -0.25) is 9.79 Å². The lowest BCUT2D eigenvalue weighted by atomic mass is 9.96. The van der Waals surface area contributed by atoms with Crippen LogP contribution in [-0.2, 0) is 6.54 Å². The first-order chi connectivity index (χ1) is 17.9. The predicted molar refractivity (Wildman–Crippen MR) is 143 cm³/mol. The van der Waals surface area contributed by atoms with Crippen LogP contribution in [-0.4, -0.2) is 36.6 Å². The molecule has 184 valence electrons. The van der Waals surface area contributed by atoms with Gasteiger partial charge in [-0.05, 0) is 71.6 Å². The highest BCUT2D eigenvalue weighted by Gasteiger charge is 2.20. The van der Waals surface area contributed by atoms with Crippen LogP contribution in [0.1, 0.15) is 34.1 Å². The standard InChI is InChI=1S/C28H21BrFN5O2/c1-16-32-26-5-4-20(14-35(26)33-16)28-24-10-17(2-3-19(24)13-31-28)18-6-7-34(27(37)11-18)25(15-36)21-8-22(29)12-23(30)9-21/h2-12,14,25,36H,13,15H2,1H3/t25-/m1/s1. The third-order valence-electron chi connectivity index (χ3n) is 6.54. The van der Waals surface area contributed by atoms with E-state index in [2.05, 4.69) is 26.0 Å². The zero-order valence-corrected chi connectivity index (χ0v) is 21.4. The van der Waals surface area contributed by atoms with Gasteiger partial charge in [-0.1, -0.05) is 28.1 Å². The van der Waals surface area contributed by atoms with Gasteiger partial charge in [-0.25, -0.2) is 13.9 Å². The molecule has 0 unspecified atom stereocenters. The fraction of sp³-hybridized carbons (Fsp3) is 0.143. The molecule has 0 saturated heterocycles. The number of nitrogens with zero attached hydrogens (tertiary/aromatic N) is 5. The van der Waals surface area contributed by atoms with Crippen LogP contribution in [0.4, 0.5) is 4.39 Å². The highest BCUT2D eigenvalue weighted by atomic mass is 79.9. The molecule has 7 nitrogen and oxygen atoms in total. The quantitative estimate of drug-likeness (QED) is 0.339. The Morgan fingerprint density at radius 2 is 1.86 bits per heavy atom. The fourth-order valence-electron chi connectivity index (χ4n) is 4.79. The Kier molecular flexibility index (Phi) is 5.81. The van der Waals surface area contributed by atoms with Gasteiger partial charge in [0.15, 0.2) is 5.65 Å². The normalized spacial score (nSPS) is 13.6. The number of rotatable bonds is 5. The lowest BCUT2D eigenvalue weighted by Gasteiger charge is -2.19. The van der Waals surface area contributed by atoms with Gasteiger partial charge in [0.05, 0.1) is 24.9 Å². The molecule has 9 heteroatoms. The third-order valence-corrected chi connectivity index (χ3v) is 7.00. The van der Waals surface area contributed by atoms with Gasteiger partial charge < -0.3 is 9.67 Å². The average molecular weight is 558 g/mol. The van der Waals surface area contributed by atoms with E-state index in [4.69, 9.17) is 4.99 Å². The maximum atomic E-state index is 14.0. The first-order valence-electron chi connectivity index (χ1n) is 11.7. The molecule has 2 aromatic carbocycles. The number of pyridine rings is 2. The molecule has 1 N–H and O–H groups in total. The van der Waals surface area contributed by atoms with Crippen molar-refractivity contribution >= 4 is 27.3 Å². The molecule has 0 aliphatic carbocycles. The molecule has 0 amide bonds. The van der Waals surface area contributed by atoms with E-state index in [0.717, 1.165) is 39.2 Å². The maximum absolute atomic E-state index is 14.0. The van der Waals surface area contributed by atoms with Gasteiger partial charge in [0.25, 0.3) is 5.56 Å². The number of hydrogen-bond donors (Lipinski definition) is 1.